The molecule has 0 spiro atoms. The predicted molar refractivity (Wildman–Crippen MR) is 97.6 cm³/mol. The van der Waals surface area contributed by atoms with Gasteiger partial charge in [-0.2, -0.15) is 0 Å². The van der Waals surface area contributed by atoms with Crippen molar-refractivity contribution >= 4 is 22.4 Å². The van der Waals surface area contributed by atoms with Crippen LogP contribution in [0.15, 0.2) is 85.1 Å². The van der Waals surface area contributed by atoms with Gasteiger partial charge in [0.2, 0.25) is 0 Å². The second-order valence-electron chi connectivity index (χ2n) is 5.41. The first kappa shape index (κ1) is 14.0. The van der Waals surface area contributed by atoms with E-state index < -0.39 is 0 Å². The van der Waals surface area contributed by atoms with Crippen molar-refractivity contribution < 1.29 is 0 Å². The zero-order valence-corrected chi connectivity index (χ0v) is 13.2. The van der Waals surface area contributed by atoms with E-state index in [1.54, 1.807) is 0 Å². The third kappa shape index (κ3) is 2.49. The molecule has 1 aromatic heterocycles. The highest BCUT2D eigenvalue weighted by molar-refractivity contribution is 6.33. The van der Waals surface area contributed by atoms with Gasteiger partial charge < -0.3 is 0 Å². The number of rotatable bonds is 2. The maximum Gasteiger partial charge on any atom is 0.0780 e. The fourth-order valence-electron chi connectivity index (χ4n) is 2.91. The van der Waals surface area contributed by atoms with Crippen LogP contribution in [0.25, 0.3) is 33.2 Å². The van der Waals surface area contributed by atoms with Crippen molar-refractivity contribution in [2.45, 2.75) is 0 Å². The van der Waals surface area contributed by atoms with Gasteiger partial charge in [-0.15, -0.1) is 0 Å². The zero-order valence-electron chi connectivity index (χ0n) is 12.4. The molecule has 0 bridgehead atoms. The first-order chi connectivity index (χ1) is 11.3. The molecule has 1 heterocycles. The molecule has 0 saturated heterocycles. The van der Waals surface area contributed by atoms with Gasteiger partial charge in [0.15, 0.2) is 0 Å². The van der Waals surface area contributed by atoms with Gasteiger partial charge >= 0.3 is 0 Å². The maximum atomic E-state index is 6.39. The van der Waals surface area contributed by atoms with Crippen molar-refractivity contribution in [2.75, 3.05) is 0 Å². The van der Waals surface area contributed by atoms with Gasteiger partial charge in [-0.25, -0.2) is 0 Å². The molecule has 2 heteroatoms. The normalized spacial score (nSPS) is 10.8. The number of halogens is 1. The summed E-state index contributed by atoms with van der Waals surface area (Å²) < 4.78 is 0. The second kappa shape index (κ2) is 5.86. The topological polar surface area (TPSA) is 12.9 Å². The molecule has 4 rings (SSSR count). The van der Waals surface area contributed by atoms with E-state index in [-0.39, 0.29) is 0 Å². The van der Waals surface area contributed by atoms with E-state index in [1.165, 1.54) is 0 Å². The number of hydrogen-bond acceptors (Lipinski definition) is 1. The standard InChI is InChI=1S/C21H14ClN/c22-20-13-7-6-11-17(20)19-14-23-21(15-8-2-1-3-9-15)18-12-5-4-10-16(18)19/h1-14H. The van der Waals surface area contributed by atoms with E-state index in [0.29, 0.717) is 0 Å². The zero-order chi connectivity index (χ0) is 15.6. The lowest BCUT2D eigenvalue weighted by Gasteiger charge is -2.12. The van der Waals surface area contributed by atoms with Gasteiger partial charge in [-0.3, -0.25) is 4.98 Å². The van der Waals surface area contributed by atoms with Crippen LogP contribution in [-0.2, 0) is 0 Å². The minimum absolute atomic E-state index is 0.743. The fraction of sp³-hybridized carbons (Fsp3) is 0. The molecule has 1 nitrogen and oxygen atoms in total. The smallest absolute Gasteiger partial charge is 0.0780 e. The number of pyridine rings is 1. The van der Waals surface area contributed by atoms with Crippen LogP contribution in [0.1, 0.15) is 0 Å². The Morgan fingerprint density at radius 1 is 0.609 bits per heavy atom. The molecule has 0 radical (unpaired) electrons. The van der Waals surface area contributed by atoms with Crippen LogP contribution in [0, 0.1) is 0 Å². The first-order valence-corrected chi connectivity index (χ1v) is 7.90. The highest BCUT2D eigenvalue weighted by Gasteiger charge is 2.11. The molecule has 0 saturated carbocycles. The molecule has 0 N–H and O–H groups in total. The van der Waals surface area contributed by atoms with Crippen LogP contribution in [-0.4, -0.2) is 4.98 Å². The van der Waals surface area contributed by atoms with Crippen LogP contribution in [0.5, 0.6) is 0 Å². The third-order valence-electron chi connectivity index (χ3n) is 4.01. The summed E-state index contributed by atoms with van der Waals surface area (Å²) >= 11 is 6.39. The molecule has 0 amide bonds. The number of nitrogens with zero attached hydrogens (tertiary/aromatic N) is 1. The Hall–Kier alpha value is -2.64. The SMILES string of the molecule is Clc1ccccc1-c1cnc(-c2ccccc2)c2ccccc12. The number of hydrogen-bond donors (Lipinski definition) is 0. The summed E-state index contributed by atoms with van der Waals surface area (Å²) in [5.41, 5.74) is 4.19. The lowest BCUT2D eigenvalue weighted by molar-refractivity contribution is 1.35. The van der Waals surface area contributed by atoms with Crippen LogP contribution >= 0.6 is 11.6 Å². The summed E-state index contributed by atoms with van der Waals surface area (Å²) in [4.78, 5) is 4.74. The molecule has 0 aliphatic carbocycles. The highest BCUT2D eigenvalue weighted by Crippen LogP contribution is 2.36. The Kier molecular flexibility index (Phi) is 3.57. The van der Waals surface area contributed by atoms with Crippen LogP contribution < -0.4 is 0 Å². The fourth-order valence-corrected chi connectivity index (χ4v) is 3.15. The van der Waals surface area contributed by atoms with Crippen molar-refractivity contribution in [3.63, 3.8) is 0 Å². The number of benzene rings is 3. The Bertz CT molecular complexity index is 977. The maximum absolute atomic E-state index is 6.39. The third-order valence-corrected chi connectivity index (χ3v) is 4.34. The summed E-state index contributed by atoms with van der Waals surface area (Å²) in [7, 11) is 0. The van der Waals surface area contributed by atoms with Gasteiger partial charge in [-0.1, -0.05) is 84.4 Å². The summed E-state index contributed by atoms with van der Waals surface area (Å²) in [6.07, 6.45) is 1.92. The van der Waals surface area contributed by atoms with Crippen molar-refractivity contribution in [3.8, 4) is 22.4 Å². The summed E-state index contributed by atoms with van der Waals surface area (Å²) in [5.74, 6) is 0. The Balaban J connectivity index is 2.02. The van der Waals surface area contributed by atoms with Crippen molar-refractivity contribution in [3.05, 3.63) is 90.1 Å². The van der Waals surface area contributed by atoms with E-state index >= 15 is 0 Å². The molecular formula is C21H14ClN. The van der Waals surface area contributed by atoms with Crippen molar-refractivity contribution in [1.29, 1.82) is 0 Å². The minimum atomic E-state index is 0.743. The summed E-state index contributed by atoms with van der Waals surface area (Å²) in [6.45, 7) is 0. The van der Waals surface area contributed by atoms with Crippen LogP contribution in [0.3, 0.4) is 0 Å². The van der Waals surface area contributed by atoms with Gasteiger partial charge in [0, 0.05) is 33.3 Å². The molecule has 3 aromatic carbocycles. The molecule has 4 aromatic rings. The molecule has 0 atom stereocenters. The van der Waals surface area contributed by atoms with E-state index in [2.05, 4.69) is 30.3 Å². The average Bonchev–Trinajstić information content (AvgIpc) is 2.62. The molecule has 0 fully saturated rings. The van der Waals surface area contributed by atoms with E-state index in [4.69, 9.17) is 16.6 Å². The van der Waals surface area contributed by atoms with Gasteiger partial charge in [0.1, 0.15) is 0 Å². The molecule has 110 valence electrons. The van der Waals surface area contributed by atoms with Gasteiger partial charge in [-0.05, 0) is 11.5 Å². The summed E-state index contributed by atoms with van der Waals surface area (Å²) in [6, 6.07) is 26.5. The quantitative estimate of drug-likeness (QED) is 0.428. The molecule has 0 unspecified atom stereocenters. The summed E-state index contributed by atoms with van der Waals surface area (Å²) in [5, 5.41) is 3.04. The Labute approximate surface area is 140 Å². The second-order valence-corrected chi connectivity index (χ2v) is 5.82. The Morgan fingerprint density at radius 3 is 2.04 bits per heavy atom. The first-order valence-electron chi connectivity index (χ1n) is 7.52. The average molecular weight is 316 g/mol. The minimum Gasteiger partial charge on any atom is -0.255 e. The number of fused-ring (bicyclic) bond motifs is 1. The molecular weight excluding hydrogens is 302 g/mol. The predicted octanol–water partition coefficient (Wildman–Crippen LogP) is 6.22. The lowest BCUT2D eigenvalue weighted by Crippen LogP contribution is -1.90. The highest BCUT2D eigenvalue weighted by atomic mass is 35.5. The Morgan fingerprint density at radius 2 is 1.26 bits per heavy atom. The van der Waals surface area contributed by atoms with E-state index in [1.807, 2.05) is 54.7 Å². The van der Waals surface area contributed by atoms with Gasteiger partial charge in [0.05, 0.1) is 5.69 Å². The van der Waals surface area contributed by atoms with Crippen LogP contribution in [0.2, 0.25) is 5.02 Å². The van der Waals surface area contributed by atoms with Gasteiger partial charge in [0.25, 0.3) is 0 Å². The van der Waals surface area contributed by atoms with Crippen molar-refractivity contribution in [2.24, 2.45) is 0 Å². The van der Waals surface area contributed by atoms with E-state index in [9.17, 15) is 0 Å². The monoisotopic (exact) mass is 315 g/mol. The molecule has 0 aliphatic rings. The molecule has 0 aliphatic heterocycles. The lowest BCUT2D eigenvalue weighted by atomic mass is 9.97. The van der Waals surface area contributed by atoms with E-state index in [0.717, 1.165) is 38.2 Å². The number of aromatic nitrogens is 1. The van der Waals surface area contributed by atoms with Crippen LogP contribution in [0.4, 0.5) is 0 Å². The van der Waals surface area contributed by atoms with Crippen molar-refractivity contribution in [1.82, 2.24) is 4.98 Å². The molecule has 23 heavy (non-hydrogen) atoms. The largest absolute Gasteiger partial charge is 0.255 e.